The van der Waals surface area contributed by atoms with Crippen molar-refractivity contribution in [2.24, 2.45) is 0 Å². The van der Waals surface area contributed by atoms with Crippen LogP contribution in [0.25, 0.3) is 11.5 Å². The van der Waals surface area contributed by atoms with Gasteiger partial charge in [-0.25, -0.2) is 4.98 Å². The van der Waals surface area contributed by atoms with E-state index in [9.17, 15) is 18.0 Å². The minimum absolute atomic E-state index is 0.171. The molecule has 0 bridgehead atoms. The van der Waals surface area contributed by atoms with Crippen LogP contribution in [-0.4, -0.2) is 37.4 Å². The van der Waals surface area contributed by atoms with Crippen LogP contribution in [0.2, 0.25) is 0 Å². The number of carbonyl (C=O) groups excluding carboxylic acids is 1. The molecule has 2 aliphatic heterocycles. The maximum absolute atomic E-state index is 12.8. The van der Waals surface area contributed by atoms with Crippen molar-refractivity contribution in [3.8, 4) is 11.5 Å². The van der Waals surface area contributed by atoms with Crippen molar-refractivity contribution in [3.05, 3.63) is 35.5 Å². The van der Waals surface area contributed by atoms with Crippen LogP contribution in [0.1, 0.15) is 36.9 Å². The standard InChI is InChI=1S/C19H18F3N7O2/c1-18(6-7-23-16(18)30)17-27-26-15(31-17)13-11-3-2-8-29(11)28-14(13)25-12-5-4-10(9-24-12)19(20,21)22/h4-5,9H,2-3,6-8H2,1H3,(H,23,30)(H,24,25,28)/t18-/m0/s1. The number of carbonyl (C=O) groups is 1. The van der Waals surface area contributed by atoms with Crippen LogP contribution in [0.4, 0.5) is 24.8 Å². The lowest BCUT2D eigenvalue weighted by atomic mass is 9.89. The fourth-order valence-electron chi connectivity index (χ4n) is 3.89. The second-order valence-corrected chi connectivity index (χ2v) is 7.80. The van der Waals surface area contributed by atoms with Crippen molar-refractivity contribution in [2.45, 2.75) is 44.3 Å². The molecule has 1 fully saturated rings. The second-order valence-electron chi connectivity index (χ2n) is 7.80. The minimum atomic E-state index is -4.46. The summed E-state index contributed by atoms with van der Waals surface area (Å²) in [6, 6.07) is 2.18. The Bertz CT molecular complexity index is 1150. The SMILES string of the molecule is C[C@]1(c2nnc(-c3c(Nc4ccc(C(F)(F)F)cn4)nn4c3CCC4)o2)CCNC1=O. The van der Waals surface area contributed by atoms with Crippen molar-refractivity contribution in [2.75, 3.05) is 11.9 Å². The van der Waals surface area contributed by atoms with Gasteiger partial charge in [-0.2, -0.15) is 18.3 Å². The van der Waals surface area contributed by atoms with Gasteiger partial charge in [0.2, 0.25) is 11.8 Å². The quantitative estimate of drug-likeness (QED) is 0.651. The van der Waals surface area contributed by atoms with Gasteiger partial charge in [-0.05, 0) is 38.3 Å². The number of aromatic nitrogens is 5. The van der Waals surface area contributed by atoms with Crippen LogP contribution >= 0.6 is 0 Å². The summed E-state index contributed by atoms with van der Waals surface area (Å²) in [5.74, 6) is 0.809. The van der Waals surface area contributed by atoms with Gasteiger partial charge < -0.3 is 15.1 Å². The number of pyridine rings is 1. The number of hydrogen-bond acceptors (Lipinski definition) is 7. The number of rotatable bonds is 4. The fraction of sp³-hybridized carbons (Fsp3) is 0.421. The number of nitrogens with one attached hydrogen (secondary N) is 2. The molecule has 0 aromatic carbocycles. The summed E-state index contributed by atoms with van der Waals surface area (Å²) in [6.07, 6.45) is -1.53. The monoisotopic (exact) mass is 433 g/mol. The fourth-order valence-corrected chi connectivity index (χ4v) is 3.89. The summed E-state index contributed by atoms with van der Waals surface area (Å²) in [4.78, 5) is 16.1. The molecule has 5 heterocycles. The van der Waals surface area contributed by atoms with Gasteiger partial charge in [0.1, 0.15) is 16.8 Å². The van der Waals surface area contributed by atoms with Gasteiger partial charge in [0.25, 0.3) is 5.89 Å². The molecule has 3 aromatic rings. The number of anilines is 2. The Hall–Kier alpha value is -3.44. The molecule has 31 heavy (non-hydrogen) atoms. The van der Waals surface area contributed by atoms with Gasteiger partial charge in [0.15, 0.2) is 5.82 Å². The summed E-state index contributed by atoms with van der Waals surface area (Å²) in [5.41, 5.74) is -0.287. The number of amides is 1. The summed E-state index contributed by atoms with van der Waals surface area (Å²) in [7, 11) is 0. The lowest BCUT2D eigenvalue weighted by molar-refractivity contribution is -0.137. The zero-order valence-corrected chi connectivity index (χ0v) is 16.5. The van der Waals surface area contributed by atoms with Crippen molar-refractivity contribution < 1.29 is 22.4 Å². The second kappa shape index (κ2) is 6.79. The van der Waals surface area contributed by atoms with E-state index in [0.717, 1.165) is 30.8 Å². The molecule has 1 saturated heterocycles. The average molecular weight is 433 g/mol. The maximum atomic E-state index is 12.8. The lowest BCUT2D eigenvalue weighted by Crippen LogP contribution is -2.32. The first kappa shape index (κ1) is 19.5. The van der Waals surface area contributed by atoms with E-state index in [2.05, 4.69) is 30.9 Å². The third-order valence-electron chi connectivity index (χ3n) is 5.70. The molecule has 9 nitrogen and oxygen atoms in total. The van der Waals surface area contributed by atoms with E-state index in [1.165, 1.54) is 6.07 Å². The highest BCUT2D eigenvalue weighted by Crippen LogP contribution is 2.38. The zero-order valence-electron chi connectivity index (χ0n) is 16.5. The molecular weight excluding hydrogens is 415 g/mol. The number of aryl methyl sites for hydroxylation is 1. The van der Waals surface area contributed by atoms with E-state index in [1.54, 1.807) is 11.6 Å². The Balaban J connectivity index is 1.50. The Kier molecular flexibility index (Phi) is 4.27. The van der Waals surface area contributed by atoms with Gasteiger partial charge in [0.05, 0.1) is 11.3 Å². The third-order valence-corrected chi connectivity index (χ3v) is 5.70. The smallest absolute Gasteiger partial charge is 0.417 e. The molecule has 2 aliphatic rings. The van der Waals surface area contributed by atoms with Crippen LogP contribution < -0.4 is 10.6 Å². The van der Waals surface area contributed by atoms with E-state index in [4.69, 9.17) is 4.42 Å². The number of alkyl halides is 3. The average Bonchev–Trinajstić information content (AvgIpc) is 3.47. The van der Waals surface area contributed by atoms with E-state index in [-0.39, 0.29) is 23.5 Å². The van der Waals surface area contributed by atoms with Crippen molar-refractivity contribution in [3.63, 3.8) is 0 Å². The van der Waals surface area contributed by atoms with Crippen LogP contribution in [0.15, 0.2) is 22.7 Å². The number of halogens is 3. The Morgan fingerprint density at radius 2 is 2.13 bits per heavy atom. The summed E-state index contributed by atoms with van der Waals surface area (Å²) < 4.78 is 46.1. The van der Waals surface area contributed by atoms with Gasteiger partial charge in [0, 0.05) is 19.3 Å². The molecule has 0 spiro atoms. The summed E-state index contributed by atoms with van der Waals surface area (Å²) >= 11 is 0. The van der Waals surface area contributed by atoms with Crippen molar-refractivity contribution >= 4 is 17.5 Å². The van der Waals surface area contributed by atoms with Gasteiger partial charge in [-0.3, -0.25) is 9.48 Å². The van der Waals surface area contributed by atoms with E-state index >= 15 is 0 Å². The van der Waals surface area contributed by atoms with Crippen molar-refractivity contribution in [1.29, 1.82) is 0 Å². The molecule has 1 amide bonds. The molecule has 12 heteroatoms. The Labute approximate surface area is 174 Å². The van der Waals surface area contributed by atoms with E-state index < -0.39 is 17.2 Å². The summed E-state index contributed by atoms with van der Waals surface area (Å²) in [6.45, 7) is 2.98. The van der Waals surface area contributed by atoms with E-state index in [1.807, 2.05) is 0 Å². The normalized spacial score (nSPS) is 20.7. The Morgan fingerprint density at radius 1 is 1.29 bits per heavy atom. The molecular formula is C19H18F3N7O2. The molecule has 3 aromatic heterocycles. The highest BCUT2D eigenvalue weighted by molar-refractivity contribution is 5.88. The van der Waals surface area contributed by atoms with Crippen molar-refractivity contribution in [1.82, 2.24) is 30.3 Å². The number of fused-ring (bicyclic) bond motifs is 1. The topological polar surface area (TPSA) is 111 Å². The molecule has 0 aliphatic carbocycles. The van der Waals surface area contributed by atoms with E-state index in [0.29, 0.717) is 30.9 Å². The van der Waals surface area contributed by atoms with Crippen LogP contribution in [0.3, 0.4) is 0 Å². The van der Waals surface area contributed by atoms with Gasteiger partial charge in [-0.1, -0.05) is 0 Å². The first-order chi connectivity index (χ1) is 14.8. The Morgan fingerprint density at radius 3 is 2.81 bits per heavy atom. The molecule has 2 N–H and O–H groups in total. The predicted octanol–water partition coefficient (Wildman–Crippen LogP) is 2.81. The lowest BCUT2D eigenvalue weighted by Gasteiger charge is -2.14. The number of nitrogens with zero attached hydrogens (tertiary/aromatic N) is 5. The first-order valence-corrected chi connectivity index (χ1v) is 9.78. The highest BCUT2D eigenvalue weighted by Gasteiger charge is 2.44. The summed E-state index contributed by atoms with van der Waals surface area (Å²) in [5, 5.41) is 18.5. The number of hydrogen-bond donors (Lipinski definition) is 2. The molecule has 162 valence electrons. The van der Waals surface area contributed by atoms with Gasteiger partial charge in [-0.15, -0.1) is 10.2 Å². The maximum Gasteiger partial charge on any atom is 0.417 e. The molecule has 5 rings (SSSR count). The minimum Gasteiger partial charge on any atom is -0.419 e. The predicted molar refractivity (Wildman–Crippen MR) is 101 cm³/mol. The molecule has 1 atom stereocenters. The zero-order chi connectivity index (χ0) is 21.8. The van der Waals surface area contributed by atoms with Crippen LogP contribution in [0.5, 0.6) is 0 Å². The largest absolute Gasteiger partial charge is 0.419 e. The molecule has 0 unspecified atom stereocenters. The first-order valence-electron chi connectivity index (χ1n) is 9.78. The third kappa shape index (κ3) is 3.22. The van der Waals surface area contributed by atoms with Gasteiger partial charge >= 0.3 is 6.18 Å². The highest BCUT2D eigenvalue weighted by atomic mass is 19.4. The molecule has 0 saturated carbocycles. The van der Waals surface area contributed by atoms with Crippen LogP contribution in [-0.2, 0) is 29.4 Å². The van der Waals surface area contributed by atoms with Crippen LogP contribution in [0, 0.1) is 0 Å². The molecule has 0 radical (unpaired) electrons.